The summed E-state index contributed by atoms with van der Waals surface area (Å²) in [6.45, 7) is 1.60. The number of benzene rings is 3. The highest BCUT2D eigenvalue weighted by atomic mass is 16.6. The highest BCUT2D eigenvalue weighted by Gasteiger charge is 2.25. The van der Waals surface area contributed by atoms with Crippen LogP contribution in [0, 0.1) is 6.92 Å². The van der Waals surface area contributed by atoms with Crippen LogP contribution in [0.15, 0.2) is 78.9 Å². The van der Waals surface area contributed by atoms with Gasteiger partial charge in [-0.3, -0.25) is 4.79 Å². The van der Waals surface area contributed by atoms with Crippen LogP contribution in [0.3, 0.4) is 0 Å². The van der Waals surface area contributed by atoms with Crippen molar-refractivity contribution in [1.29, 1.82) is 0 Å². The van der Waals surface area contributed by atoms with Gasteiger partial charge in [-0.2, -0.15) is 0 Å². The minimum absolute atomic E-state index is 0.360. The van der Waals surface area contributed by atoms with Gasteiger partial charge in [-0.25, -0.2) is 4.79 Å². The molecule has 1 amide bonds. The number of carbonyl (C=O) groups excluding carboxylic acids is 2. The highest BCUT2D eigenvalue weighted by Crippen LogP contribution is 2.26. The Bertz CT molecular complexity index is 986. The number of nitrogens with one attached hydrogen (secondary N) is 1. The summed E-state index contributed by atoms with van der Waals surface area (Å²) in [6, 6.07) is 23.2. The summed E-state index contributed by atoms with van der Waals surface area (Å²) in [6.07, 6.45) is -1.11. The van der Waals surface area contributed by atoms with Crippen molar-refractivity contribution in [2.75, 3.05) is 19.0 Å². The van der Waals surface area contributed by atoms with Crippen LogP contribution in [0.4, 0.5) is 5.69 Å². The molecule has 3 aromatic carbocycles. The van der Waals surface area contributed by atoms with Crippen LogP contribution in [-0.2, 0) is 14.3 Å². The molecule has 0 saturated heterocycles. The quantitative estimate of drug-likeness (QED) is 0.566. The second kappa shape index (κ2) is 10.1. The lowest BCUT2D eigenvalue weighted by molar-refractivity contribution is -0.156. The van der Waals surface area contributed by atoms with E-state index in [9.17, 15) is 9.59 Å². The smallest absolute Gasteiger partial charge is 0.345 e. The first kappa shape index (κ1) is 20.9. The lowest BCUT2D eigenvalue weighted by Gasteiger charge is -2.18. The zero-order chi connectivity index (χ0) is 21.3. The second-order valence-electron chi connectivity index (χ2n) is 6.58. The van der Waals surface area contributed by atoms with Crippen molar-refractivity contribution >= 4 is 17.6 Å². The van der Waals surface area contributed by atoms with Gasteiger partial charge < -0.3 is 19.5 Å². The third-order valence-corrected chi connectivity index (χ3v) is 4.32. The Morgan fingerprint density at radius 3 is 2.17 bits per heavy atom. The van der Waals surface area contributed by atoms with E-state index in [-0.39, 0.29) is 6.61 Å². The van der Waals surface area contributed by atoms with Crippen LogP contribution in [0.5, 0.6) is 11.5 Å². The van der Waals surface area contributed by atoms with Crippen molar-refractivity contribution in [3.05, 3.63) is 90.0 Å². The van der Waals surface area contributed by atoms with E-state index in [2.05, 4.69) is 5.32 Å². The fraction of sp³-hybridized carbons (Fsp3) is 0.167. The summed E-state index contributed by atoms with van der Waals surface area (Å²) in [7, 11) is 1.52. The minimum atomic E-state index is -1.11. The van der Waals surface area contributed by atoms with E-state index in [0.717, 1.165) is 5.56 Å². The topological polar surface area (TPSA) is 73.9 Å². The average molecular weight is 405 g/mol. The van der Waals surface area contributed by atoms with E-state index in [1.54, 1.807) is 60.7 Å². The van der Waals surface area contributed by atoms with E-state index in [1.165, 1.54) is 7.11 Å². The van der Waals surface area contributed by atoms with E-state index in [1.807, 2.05) is 25.1 Å². The summed E-state index contributed by atoms with van der Waals surface area (Å²) in [4.78, 5) is 25.3. The molecule has 0 aromatic heterocycles. The van der Waals surface area contributed by atoms with Gasteiger partial charge in [0.15, 0.2) is 18.1 Å². The molecular weight excluding hydrogens is 382 g/mol. The minimum Gasteiger partial charge on any atom is -0.493 e. The summed E-state index contributed by atoms with van der Waals surface area (Å²) >= 11 is 0. The molecule has 0 fully saturated rings. The molecule has 0 radical (unpaired) electrons. The Labute approximate surface area is 175 Å². The van der Waals surface area contributed by atoms with Gasteiger partial charge in [-0.15, -0.1) is 0 Å². The molecule has 0 spiro atoms. The molecule has 1 atom stereocenters. The lowest BCUT2D eigenvalue weighted by atomic mass is 10.1. The molecule has 6 nitrogen and oxygen atoms in total. The SMILES string of the molecule is COc1ccccc1OCC(=O)OC(C(=O)Nc1ccc(C)cc1)c1ccccc1. The van der Waals surface area contributed by atoms with Gasteiger partial charge in [-0.1, -0.05) is 60.2 Å². The lowest BCUT2D eigenvalue weighted by Crippen LogP contribution is -2.28. The van der Waals surface area contributed by atoms with Gasteiger partial charge in [0.2, 0.25) is 6.10 Å². The Morgan fingerprint density at radius 2 is 1.50 bits per heavy atom. The van der Waals surface area contributed by atoms with Crippen LogP contribution in [0.2, 0.25) is 0 Å². The van der Waals surface area contributed by atoms with Gasteiger partial charge in [0, 0.05) is 11.3 Å². The molecule has 6 heteroatoms. The van der Waals surface area contributed by atoms with Crippen molar-refractivity contribution in [3.63, 3.8) is 0 Å². The molecule has 0 heterocycles. The largest absolute Gasteiger partial charge is 0.493 e. The van der Waals surface area contributed by atoms with Crippen LogP contribution >= 0.6 is 0 Å². The molecule has 0 saturated carbocycles. The maximum Gasteiger partial charge on any atom is 0.345 e. The fourth-order valence-corrected chi connectivity index (χ4v) is 2.79. The number of anilines is 1. The number of amides is 1. The maximum atomic E-state index is 12.9. The van der Waals surface area contributed by atoms with Gasteiger partial charge in [-0.05, 0) is 31.2 Å². The Morgan fingerprint density at radius 1 is 0.867 bits per heavy atom. The number of rotatable bonds is 8. The molecule has 30 heavy (non-hydrogen) atoms. The average Bonchev–Trinajstić information content (AvgIpc) is 2.78. The molecule has 1 N–H and O–H groups in total. The molecule has 0 aliphatic rings. The number of hydrogen-bond donors (Lipinski definition) is 1. The van der Waals surface area contributed by atoms with Gasteiger partial charge in [0.05, 0.1) is 7.11 Å². The molecular formula is C24H23NO5. The molecule has 3 rings (SSSR count). The van der Waals surface area contributed by atoms with Crippen molar-refractivity contribution in [3.8, 4) is 11.5 Å². The Balaban J connectivity index is 1.70. The molecule has 154 valence electrons. The van der Waals surface area contributed by atoms with Crippen molar-refractivity contribution in [2.45, 2.75) is 13.0 Å². The first-order chi connectivity index (χ1) is 14.6. The number of methoxy groups -OCH3 is 1. The summed E-state index contributed by atoms with van der Waals surface area (Å²) < 4.78 is 16.2. The normalized spacial score (nSPS) is 11.3. The Kier molecular flexibility index (Phi) is 7.05. The zero-order valence-electron chi connectivity index (χ0n) is 16.8. The number of hydrogen-bond acceptors (Lipinski definition) is 5. The summed E-state index contributed by atoms with van der Waals surface area (Å²) in [5.41, 5.74) is 2.26. The first-order valence-corrected chi connectivity index (χ1v) is 9.44. The van der Waals surface area contributed by atoms with Gasteiger partial charge >= 0.3 is 5.97 Å². The third kappa shape index (κ3) is 5.61. The molecule has 0 bridgehead atoms. The standard InChI is InChI=1S/C24H23NO5/c1-17-12-14-19(15-13-17)25-24(27)23(18-8-4-3-5-9-18)30-22(26)16-29-21-11-7-6-10-20(21)28-2/h3-15,23H,16H2,1-2H3,(H,25,27). The number of ether oxygens (including phenoxy) is 3. The van der Waals surface area contributed by atoms with Crippen molar-refractivity contribution < 1.29 is 23.8 Å². The maximum absolute atomic E-state index is 12.9. The van der Waals surface area contributed by atoms with Crippen molar-refractivity contribution in [1.82, 2.24) is 0 Å². The predicted octanol–water partition coefficient (Wildman–Crippen LogP) is 4.31. The number of esters is 1. The first-order valence-electron chi connectivity index (χ1n) is 9.44. The summed E-state index contributed by atoms with van der Waals surface area (Å²) in [5.74, 6) is -0.205. The number of para-hydroxylation sites is 2. The second-order valence-corrected chi connectivity index (χ2v) is 6.58. The van der Waals surface area contributed by atoms with Crippen LogP contribution in [-0.4, -0.2) is 25.6 Å². The van der Waals surface area contributed by atoms with E-state index >= 15 is 0 Å². The fourth-order valence-electron chi connectivity index (χ4n) is 2.79. The zero-order valence-corrected chi connectivity index (χ0v) is 16.8. The van der Waals surface area contributed by atoms with Crippen molar-refractivity contribution in [2.24, 2.45) is 0 Å². The monoisotopic (exact) mass is 405 g/mol. The number of aryl methyl sites for hydroxylation is 1. The highest BCUT2D eigenvalue weighted by molar-refractivity contribution is 5.96. The molecule has 1 unspecified atom stereocenters. The predicted molar refractivity (Wildman–Crippen MR) is 114 cm³/mol. The van der Waals surface area contributed by atoms with Crippen LogP contribution in [0.1, 0.15) is 17.2 Å². The van der Waals surface area contributed by atoms with Gasteiger partial charge in [0.1, 0.15) is 0 Å². The van der Waals surface area contributed by atoms with Crippen LogP contribution < -0.4 is 14.8 Å². The third-order valence-electron chi connectivity index (χ3n) is 4.32. The molecule has 0 aliphatic heterocycles. The van der Waals surface area contributed by atoms with E-state index < -0.39 is 18.0 Å². The summed E-state index contributed by atoms with van der Waals surface area (Å²) in [5, 5.41) is 2.79. The van der Waals surface area contributed by atoms with E-state index in [4.69, 9.17) is 14.2 Å². The van der Waals surface area contributed by atoms with Gasteiger partial charge in [0.25, 0.3) is 5.91 Å². The van der Waals surface area contributed by atoms with Crippen LogP contribution in [0.25, 0.3) is 0 Å². The van der Waals surface area contributed by atoms with E-state index in [0.29, 0.717) is 22.7 Å². The molecule has 0 aliphatic carbocycles. The number of carbonyl (C=O) groups is 2. The molecule has 3 aromatic rings. The Hall–Kier alpha value is -3.80.